The number of benzene rings is 2. The van der Waals surface area contributed by atoms with Crippen molar-refractivity contribution >= 4 is 27.5 Å². The highest BCUT2D eigenvalue weighted by Crippen LogP contribution is 2.27. The standard InChI is InChI=1S/C16H18BrClN2/c1-20(11-12-5-4-6-13(17)9-12)16(10-19)14-7-2-3-8-15(14)18/h2-9,16H,10-11,19H2,1H3. The third-order valence-electron chi connectivity index (χ3n) is 3.34. The molecule has 0 spiro atoms. The molecule has 2 N–H and O–H groups in total. The Morgan fingerprint density at radius 1 is 1.20 bits per heavy atom. The minimum Gasteiger partial charge on any atom is -0.329 e. The van der Waals surface area contributed by atoms with Crippen LogP contribution in [0.4, 0.5) is 0 Å². The van der Waals surface area contributed by atoms with Gasteiger partial charge in [0.25, 0.3) is 0 Å². The fourth-order valence-corrected chi connectivity index (χ4v) is 3.03. The van der Waals surface area contributed by atoms with Gasteiger partial charge in [-0.05, 0) is 36.4 Å². The molecule has 0 aliphatic rings. The van der Waals surface area contributed by atoms with Gasteiger partial charge in [0, 0.05) is 28.6 Å². The molecule has 0 heterocycles. The third kappa shape index (κ3) is 3.83. The summed E-state index contributed by atoms with van der Waals surface area (Å²) in [6, 6.07) is 16.3. The van der Waals surface area contributed by atoms with Crippen LogP contribution in [0, 0.1) is 0 Å². The summed E-state index contributed by atoms with van der Waals surface area (Å²) in [5.74, 6) is 0. The number of rotatable bonds is 5. The van der Waals surface area contributed by atoms with Crippen molar-refractivity contribution in [2.45, 2.75) is 12.6 Å². The van der Waals surface area contributed by atoms with E-state index in [1.165, 1.54) is 5.56 Å². The van der Waals surface area contributed by atoms with Gasteiger partial charge in [-0.2, -0.15) is 0 Å². The minimum absolute atomic E-state index is 0.114. The van der Waals surface area contributed by atoms with Crippen LogP contribution >= 0.6 is 27.5 Å². The Kier molecular flexibility index (Phi) is 5.61. The average molecular weight is 354 g/mol. The first-order chi connectivity index (χ1) is 9.61. The molecule has 0 fully saturated rings. The molecule has 2 nitrogen and oxygen atoms in total. The van der Waals surface area contributed by atoms with Gasteiger partial charge in [-0.3, -0.25) is 4.90 Å². The molecule has 0 aromatic heterocycles. The molecule has 0 bridgehead atoms. The van der Waals surface area contributed by atoms with Crippen molar-refractivity contribution in [3.05, 3.63) is 69.2 Å². The fourth-order valence-electron chi connectivity index (χ4n) is 2.32. The van der Waals surface area contributed by atoms with Gasteiger partial charge in [-0.15, -0.1) is 0 Å². The van der Waals surface area contributed by atoms with Crippen LogP contribution in [0.15, 0.2) is 53.0 Å². The highest BCUT2D eigenvalue weighted by molar-refractivity contribution is 9.10. The summed E-state index contributed by atoms with van der Waals surface area (Å²) in [5.41, 5.74) is 8.27. The zero-order valence-corrected chi connectivity index (χ0v) is 13.7. The van der Waals surface area contributed by atoms with Crippen LogP contribution in [0.5, 0.6) is 0 Å². The van der Waals surface area contributed by atoms with Crippen molar-refractivity contribution in [2.75, 3.05) is 13.6 Å². The van der Waals surface area contributed by atoms with Gasteiger partial charge in [-0.1, -0.05) is 57.9 Å². The van der Waals surface area contributed by atoms with E-state index < -0.39 is 0 Å². The predicted octanol–water partition coefficient (Wildman–Crippen LogP) is 4.23. The Balaban J connectivity index is 2.18. The van der Waals surface area contributed by atoms with Crippen LogP contribution in [0.1, 0.15) is 17.2 Å². The highest BCUT2D eigenvalue weighted by atomic mass is 79.9. The Bertz CT molecular complexity index is 574. The van der Waals surface area contributed by atoms with E-state index in [9.17, 15) is 0 Å². The number of halogens is 2. The smallest absolute Gasteiger partial charge is 0.0485 e. The molecule has 106 valence electrons. The second kappa shape index (κ2) is 7.23. The molecule has 0 aliphatic heterocycles. The molecule has 0 radical (unpaired) electrons. The first kappa shape index (κ1) is 15.5. The topological polar surface area (TPSA) is 29.3 Å². The quantitative estimate of drug-likeness (QED) is 0.871. The molecular formula is C16H18BrClN2. The SMILES string of the molecule is CN(Cc1cccc(Br)c1)C(CN)c1ccccc1Cl. The van der Waals surface area contributed by atoms with Gasteiger partial charge in [0.1, 0.15) is 0 Å². The van der Waals surface area contributed by atoms with Crippen LogP contribution in [-0.2, 0) is 6.54 Å². The number of nitrogens with two attached hydrogens (primary N) is 1. The van der Waals surface area contributed by atoms with Gasteiger partial charge >= 0.3 is 0 Å². The first-order valence-electron chi connectivity index (χ1n) is 6.51. The van der Waals surface area contributed by atoms with Crippen molar-refractivity contribution < 1.29 is 0 Å². The van der Waals surface area contributed by atoms with Crippen molar-refractivity contribution in [3.63, 3.8) is 0 Å². The second-order valence-corrected chi connectivity index (χ2v) is 6.14. The number of hydrogen-bond acceptors (Lipinski definition) is 2. The maximum atomic E-state index is 6.28. The number of hydrogen-bond donors (Lipinski definition) is 1. The molecule has 20 heavy (non-hydrogen) atoms. The molecule has 0 aliphatic carbocycles. The lowest BCUT2D eigenvalue weighted by atomic mass is 10.0. The molecule has 0 amide bonds. The monoisotopic (exact) mass is 352 g/mol. The Hall–Kier alpha value is -0.870. The average Bonchev–Trinajstić information content (AvgIpc) is 2.41. The summed E-state index contributed by atoms with van der Waals surface area (Å²) in [7, 11) is 2.07. The minimum atomic E-state index is 0.114. The van der Waals surface area contributed by atoms with E-state index in [1.54, 1.807) is 0 Å². The molecule has 4 heteroatoms. The molecule has 1 unspecified atom stereocenters. The van der Waals surface area contributed by atoms with Crippen LogP contribution in [0.3, 0.4) is 0 Å². The van der Waals surface area contributed by atoms with E-state index in [4.69, 9.17) is 17.3 Å². The lowest BCUT2D eigenvalue weighted by molar-refractivity contribution is 0.242. The van der Waals surface area contributed by atoms with Gasteiger partial charge in [0.05, 0.1) is 0 Å². The number of nitrogens with zero attached hydrogens (tertiary/aromatic N) is 1. The van der Waals surface area contributed by atoms with E-state index in [0.29, 0.717) is 6.54 Å². The summed E-state index contributed by atoms with van der Waals surface area (Å²) < 4.78 is 1.09. The Morgan fingerprint density at radius 2 is 1.95 bits per heavy atom. The van der Waals surface area contributed by atoms with Crippen molar-refractivity contribution in [3.8, 4) is 0 Å². The lowest BCUT2D eigenvalue weighted by Gasteiger charge is -2.28. The molecule has 2 aromatic rings. The maximum Gasteiger partial charge on any atom is 0.0485 e. The maximum absolute atomic E-state index is 6.28. The van der Waals surface area contributed by atoms with Crippen molar-refractivity contribution in [2.24, 2.45) is 5.73 Å². The molecule has 1 atom stereocenters. The summed E-state index contributed by atoms with van der Waals surface area (Å²) in [6.07, 6.45) is 0. The fraction of sp³-hybridized carbons (Fsp3) is 0.250. The summed E-state index contributed by atoms with van der Waals surface area (Å²) in [6.45, 7) is 1.36. The largest absolute Gasteiger partial charge is 0.329 e. The molecule has 2 rings (SSSR count). The zero-order valence-electron chi connectivity index (χ0n) is 11.4. The van der Waals surface area contributed by atoms with E-state index in [1.807, 2.05) is 36.4 Å². The van der Waals surface area contributed by atoms with Crippen LogP contribution in [0.2, 0.25) is 5.02 Å². The van der Waals surface area contributed by atoms with Gasteiger partial charge < -0.3 is 5.73 Å². The summed E-state index contributed by atoms with van der Waals surface area (Å²) in [5, 5.41) is 0.768. The van der Waals surface area contributed by atoms with Gasteiger partial charge in [0.2, 0.25) is 0 Å². The highest BCUT2D eigenvalue weighted by Gasteiger charge is 2.18. The molecular weight excluding hydrogens is 336 g/mol. The predicted molar refractivity (Wildman–Crippen MR) is 88.9 cm³/mol. The van der Waals surface area contributed by atoms with Gasteiger partial charge in [-0.25, -0.2) is 0 Å². The van der Waals surface area contributed by atoms with Gasteiger partial charge in [0.15, 0.2) is 0 Å². The Labute approximate surface area is 133 Å². The normalized spacial score (nSPS) is 12.7. The second-order valence-electron chi connectivity index (χ2n) is 4.82. The molecule has 0 saturated heterocycles. The first-order valence-corrected chi connectivity index (χ1v) is 7.68. The van der Waals surface area contributed by atoms with E-state index in [0.717, 1.165) is 21.6 Å². The molecule has 2 aromatic carbocycles. The summed E-state index contributed by atoms with van der Waals surface area (Å²) >= 11 is 9.78. The van der Waals surface area contributed by atoms with E-state index in [2.05, 4.69) is 40.0 Å². The Morgan fingerprint density at radius 3 is 2.60 bits per heavy atom. The van der Waals surface area contributed by atoms with E-state index in [-0.39, 0.29) is 6.04 Å². The van der Waals surface area contributed by atoms with Crippen LogP contribution < -0.4 is 5.73 Å². The van der Waals surface area contributed by atoms with Crippen LogP contribution in [-0.4, -0.2) is 18.5 Å². The van der Waals surface area contributed by atoms with Crippen LogP contribution in [0.25, 0.3) is 0 Å². The zero-order chi connectivity index (χ0) is 14.5. The molecule has 0 saturated carbocycles. The van der Waals surface area contributed by atoms with Crippen molar-refractivity contribution in [1.29, 1.82) is 0 Å². The van der Waals surface area contributed by atoms with Crippen molar-refractivity contribution in [1.82, 2.24) is 4.90 Å². The lowest BCUT2D eigenvalue weighted by Crippen LogP contribution is -2.30. The third-order valence-corrected chi connectivity index (χ3v) is 4.18. The number of likely N-dealkylation sites (N-methyl/N-ethyl adjacent to an activating group) is 1. The van der Waals surface area contributed by atoms with E-state index >= 15 is 0 Å². The summed E-state index contributed by atoms with van der Waals surface area (Å²) in [4.78, 5) is 2.23.